The van der Waals surface area contributed by atoms with E-state index in [1.54, 1.807) is 17.0 Å². The van der Waals surface area contributed by atoms with Crippen molar-refractivity contribution in [3.8, 4) is 0 Å². The van der Waals surface area contributed by atoms with E-state index < -0.39 is 11.7 Å². The molecule has 3 rings (SSSR count). The van der Waals surface area contributed by atoms with Crippen molar-refractivity contribution in [3.05, 3.63) is 41.5 Å². The molecule has 0 saturated heterocycles. The third-order valence-corrected chi connectivity index (χ3v) is 4.16. The fraction of sp³-hybridized carbons (Fsp3) is 0.312. The molecule has 1 aliphatic rings. The third-order valence-electron chi connectivity index (χ3n) is 4.16. The average Bonchev–Trinajstić information content (AvgIpc) is 2.69. The Kier molecular flexibility index (Phi) is 2.92. The van der Waals surface area contributed by atoms with Gasteiger partial charge >= 0.3 is 6.18 Å². The predicted molar refractivity (Wildman–Crippen MR) is 81.2 cm³/mol. The van der Waals surface area contributed by atoms with Crippen molar-refractivity contribution in [1.82, 2.24) is 0 Å². The van der Waals surface area contributed by atoms with Gasteiger partial charge in [-0.3, -0.25) is 5.41 Å². The molecule has 2 aromatic rings. The zero-order chi connectivity index (χ0) is 16.3. The summed E-state index contributed by atoms with van der Waals surface area (Å²) in [5, 5.41) is 8.43. The first-order valence-corrected chi connectivity index (χ1v) is 6.88. The number of fused-ring (bicyclic) bond motifs is 3. The summed E-state index contributed by atoms with van der Waals surface area (Å²) in [4.78, 5) is 1.63. The van der Waals surface area contributed by atoms with E-state index in [9.17, 15) is 13.2 Å². The van der Waals surface area contributed by atoms with Crippen molar-refractivity contribution < 1.29 is 13.2 Å². The second-order valence-electron chi connectivity index (χ2n) is 6.21. The fourth-order valence-corrected chi connectivity index (χ4v) is 3.30. The Bertz CT molecular complexity index is 778. The number of nitrogens with zero attached hydrogens (tertiary/aromatic N) is 1. The molecular weight excluding hydrogens is 291 g/mol. The largest absolute Gasteiger partial charge is 0.417 e. The lowest BCUT2D eigenvalue weighted by Gasteiger charge is -2.21. The van der Waals surface area contributed by atoms with E-state index in [0.29, 0.717) is 17.6 Å². The summed E-state index contributed by atoms with van der Waals surface area (Å²) in [6.07, 6.45) is -4.39. The summed E-state index contributed by atoms with van der Waals surface area (Å²) in [6, 6.07) is 7.32. The Labute approximate surface area is 126 Å². The molecule has 0 bridgehead atoms. The molecule has 0 unspecified atom stereocenters. The van der Waals surface area contributed by atoms with Crippen LogP contribution in [0.5, 0.6) is 0 Å². The summed E-state index contributed by atoms with van der Waals surface area (Å²) in [5.74, 6) is -0.0989. The number of nitrogens with one attached hydrogen (secondary N) is 1. The fourth-order valence-electron chi connectivity index (χ4n) is 3.30. The second kappa shape index (κ2) is 4.38. The van der Waals surface area contributed by atoms with Gasteiger partial charge in [-0.25, -0.2) is 0 Å². The number of rotatable bonds is 0. The van der Waals surface area contributed by atoms with Crippen molar-refractivity contribution in [2.24, 2.45) is 5.73 Å². The number of anilines is 1. The van der Waals surface area contributed by atoms with Crippen LogP contribution in [0, 0.1) is 5.41 Å². The minimum Gasteiger partial charge on any atom is -0.370 e. The molecule has 116 valence electrons. The average molecular weight is 307 g/mol. The van der Waals surface area contributed by atoms with Gasteiger partial charge < -0.3 is 10.6 Å². The van der Waals surface area contributed by atoms with Crippen LogP contribution in [0.3, 0.4) is 0 Å². The molecule has 0 radical (unpaired) electrons. The van der Waals surface area contributed by atoms with Gasteiger partial charge in [0.05, 0.1) is 5.56 Å². The van der Waals surface area contributed by atoms with Crippen LogP contribution in [0.4, 0.5) is 18.9 Å². The highest BCUT2D eigenvalue weighted by atomic mass is 19.4. The molecule has 0 fully saturated rings. The van der Waals surface area contributed by atoms with Crippen molar-refractivity contribution in [2.45, 2.75) is 25.4 Å². The highest BCUT2D eigenvalue weighted by Crippen LogP contribution is 2.46. The summed E-state index contributed by atoms with van der Waals surface area (Å²) in [6.45, 7) is 4.38. The number of benzene rings is 2. The van der Waals surface area contributed by atoms with E-state index >= 15 is 0 Å². The molecule has 22 heavy (non-hydrogen) atoms. The lowest BCUT2D eigenvalue weighted by molar-refractivity contribution is -0.136. The van der Waals surface area contributed by atoms with Gasteiger partial charge in [-0.05, 0) is 28.5 Å². The molecule has 1 aliphatic heterocycles. The molecule has 2 aromatic carbocycles. The molecular formula is C16H16F3N3. The first kappa shape index (κ1) is 14.7. The third kappa shape index (κ3) is 2.01. The van der Waals surface area contributed by atoms with Crippen LogP contribution < -0.4 is 10.6 Å². The molecule has 3 nitrogen and oxygen atoms in total. The summed E-state index contributed by atoms with van der Waals surface area (Å²) < 4.78 is 39.6. The zero-order valence-corrected chi connectivity index (χ0v) is 12.3. The number of alkyl halides is 3. The maximum absolute atomic E-state index is 13.2. The minimum absolute atomic E-state index is 0.0989. The Hall–Kier alpha value is -2.24. The van der Waals surface area contributed by atoms with Crippen LogP contribution in [-0.2, 0) is 11.6 Å². The van der Waals surface area contributed by atoms with Crippen LogP contribution in [0.25, 0.3) is 10.8 Å². The van der Waals surface area contributed by atoms with E-state index in [-0.39, 0.29) is 16.8 Å². The van der Waals surface area contributed by atoms with Crippen molar-refractivity contribution >= 4 is 22.4 Å². The second-order valence-corrected chi connectivity index (χ2v) is 6.21. The number of nitrogens with two attached hydrogens (primary N) is 1. The molecule has 0 spiro atoms. The molecule has 6 heteroatoms. The van der Waals surface area contributed by atoms with E-state index in [4.69, 9.17) is 11.1 Å². The first-order chi connectivity index (χ1) is 10.1. The maximum atomic E-state index is 13.2. The summed E-state index contributed by atoms with van der Waals surface area (Å²) in [5.41, 5.74) is 6.11. The number of halogens is 3. The van der Waals surface area contributed by atoms with E-state index in [1.807, 2.05) is 13.8 Å². The standard InChI is InChI=1S/C16H16F3N3/c1-15(2)8-22(14(20)21)12-7-6-9-10(13(12)15)4-3-5-11(9)16(17,18)19/h3-7H,8H2,1-2H3,(H3,20,21). The SMILES string of the molecule is CC1(C)CN(C(=N)N)c2ccc3c(C(F)(F)F)cccc3c21. The molecule has 3 N–H and O–H groups in total. The predicted octanol–water partition coefficient (Wildman–Crippen LogP) is 3.85. The monoisotopic (exact) mass is 307 g/mol. The summed E-state index contributed by atoms with van der Waals surface area (Å²) in [7, 11) is 0. The number of hydrogen-bond acceptors (Lipinski definition) is 1. The first-order valence-electron chi connectivity index (χ1n) is 6.88. The Balaban J connectivity index is 2.37. The molecule has 0 aromatic heterocycles. The molecule has 1 heterocycles. The number of hydrogen-bond donors (Lipinski definition) is 2. The van der Waals surface area contributed by atoms with E-state index in [2.05, 4.69) is 0 Å². The van der Waals surface area contributed by atoms with Crippen molar-refractivity contribution in [2.75, 3.05) is 11.4 Å². The quantitative estimate of drug-likeness (QED) is 0.574. The number of guanidine groups is 1. The van der Waals surface area contributed by atoms with Crippen LogP contribution in [-0.4, -0.2) is 12.5 Å². The Morgan fingerprint density at radius 3 is 2.45 bits per heavy atom. The molecule has 0 atom stereocenters. The van der Waals surface area contributed by atoms with Gasteiger partial charge in [0.25, 0.3) is 0 Å². The van der Waals surface area contributed by atoms with Crippen LogP contribution in [0.2, 0.25) is 0 Å². The van der Waals surface area contributed by atoms with Gasteiger partial charge in [0, 0.05) is 17.6 Å². The zero-order valence-electron chi connectivity index (χ0n) is 12.3. The van der Waals surface area contributed by atoms with Gasteiger partial charge in [-0.1, -0.05) is 32.0 Å². The minimum atomic E-state index is -4.39. The van der Waals surface area contributed by atoms with Crippen LogP contribution in [0.15, 0.2) is 30.3 Å². The molecule has 0 saturated carbocycles. The van der Waals surface area contributed by atoms with Gasteiger partial charge in [0.2, 0.25) is 0 Å². The molecule has 0 aliphatic carbocycles. The van der Waals surface area contributed by atoms with Gasteiger partial charge in [0.1, 0.15) is 0 Å². The van der Waals surface area contributed by atoms with Gasteiger partial charge in [-0.2, -0.15) is 13.2 Å². The Morgan fingerprint density at radius 2 is 1.86 bits per heavy atom. The van der Waals surface area contributed by atoms with Crippen LogP contribution in [0.1, 0.15) is 25.0 Å². The smallest absolute Gasteiger partial charge is 0.370 e. The van der Waals surface area contributed by atoms with Gasteiger partial charge in [-0.15, -0.1) is 0 Å². The molecule has 0 amide bonds. The maximum Gasteiger partial charge on any atom is 0.417 e. The van der Waals surface area contributed by atoms with E-state index in [1.165, 1.54) is 12.1 Å². The lowest BCUT2D eigenvalue weighted by atomic mass is 9.83. The lowest BCUT2D eigenvalue weighted by Crippen LogP contribution is -2.38. The van der Waals surface area contributed by atoms with Gasteiger partial charge in [0.15, 0.2) is 5.96 Å². The summed E-state index contributed by atoms with van der Waals surface area (Å²) >= 11 is 0. The van der Waals surface area contributed by atoms with Crippen LogP contribution >= 0.6 is 0 Å². The Morgan fingerprint density at radius 1 is 1.18 bits per heavy atom. The van der Waals surface area contributed by atoms with Crippen molar-refractivity contribution in [3.63, 3.8) is 0 Å². The highest BCUT2D eigenvalue weighted by Gasteiger charge is 2.39. The van der Waals surface area contributed by atoms with E-state index in [0.717, 1.165) is 11.6 Å². The normalized spacial score (nSPS) is 16.9. The van der Waals surface area contributed by atoms with Crippen molar-refractivity contribution in [1.29, 1.82) is 5.41 Å². The highest BCUT2D eigenvalue weighted by molar-refractivity contribution is 6.02. The topological polar surface area (TPSA) is 53.1 Å².